The predicted octanol–water partition coefficient (Wildman–Crippen LogP) is 3.47. The lowest BCUT2D eigenvalue weighted by Gasteiger charge is -2.03. The van der Waals surface area contributed by atoms with Gasteiger partial charge >= 0.3 is 0 Å². The number of nitrogens with zero attached hydrogens (tertiary/aromatic N) is 4. The maximum absolute atomic E-state index is 12.3. The largest absolute Gasteiger partial charge is 0.304 e. The van der Waals surface area contributed by atoms with Gasteiger partial charge in [0.1, 0.15) is 0 Å². The standard InChI is InChI=1S/C17H18BrN5O/c1-3-22-11-14(18)16(21-22)17(24)19-15-7-8-23(20-15)10-13-6-4-5-12(2)9-13/h4-9,11H,3,10H2,1-2H3,(H,19,20,24). The van der Waals surface area contributed by atoms with Gasteiger partial charge in [-0.3, -0.25) is 14.2 Å². The van der Waals surface area contributed by atoms with Crippen molar-refractivity contribution < 1.29 is 4.79 Å². The van der Waals surface area contributed by atoms with Gasteiger partial charge < -0.3 is 5.32 Å². The number of hydrogen-bond acceptors (Lipinski definition) is 3. The number of nitrogens with one attached hydrogen (secondary N) is 1. The van der Waals surface area contributed by atoms with E-state index in [0.29, 0.717) is 29.1 Å². The molecule has 0 radical (unpaired) electrons. The molecule has 0 spiro atoms. The van der Waals surface area contributed by atoms with Crippen LogP contribution in [-0.2, 0) is 13.1 Å². The average Bonchev–Trinajstić information content (AvgIpc) is 3.13. The quantitative estimate of drug-likeness (QED) is 0.728. The highest BCUT2D eigenvalue weighted by Crippen LogP contribution is 2.16. The number of aromatic nitrogens is 4. The van der Waals surface area contributed by atoms with Crippen molar-refractivity contribution in [1.29, 1.82) is 0 Å². The molecule has 24 heavy (non-hydrogen) atoms. The summed E-state index contributed by atoms with van der Waals surface area (Å²) in [6, 6.07) is 10.0. The van der Waals surface area contributed by atoms with Crippen LogP contribution in [0.1, 0.15) is 28.5 Å². The molecule has 0 fully saturated rings. The number of carbonyl (C=O) groups excluding carboxylic acids is 1. The minimum Gasteiger partial charge on any atom is -0.304 e. The summed E-state index contributed by atoms with van der Waals surface area (Å²) in [6.07, 6.45) is 3.63. The maximum atomic E-state index is 12.3. The Balaban J connectivity index is 1.69. The topological polar surface area (TPSA) is 64.7 Å². The molecule has 2 aromatic heterocycles. The summed E-state index contributed by atoms with van der Waals surface area (Å²) >= 11 is 3.36. The zero-order valence-electron chi connectivity index (χ0n) is 13.5. The Morgan fingerprint density at radius 1 is 1.25 bits per heavy atom. The number of halogens is 1. The zero-order chi connectivity index (χ0) is 17.1. The van der Waals surface area contributed by atoms with Crippen molar-refractivity contribution in [2.24, 2.45) is 0 Å². The van der Waals surface area contributed by atoms with Gasteiger partial charge in [-0.2, -0.15) is 10.2 Å². The molecule has 0 aliphatic carbocycles. The van der Waals surface area contributed by atoms with E-state index in [1.165, 1.54) is 11.1 Å². The van der Waals surface area contributed by atoms with Crippen molar-refractivity contribution in [1.82, 2.24) is 19.6 Å². The van der Waals surface area contributed by atoms with E-state index in [-0.39, 0.29) is 5.91 Å². The van der Waals surface area contributed by atoms with Gasteiger partial charge in [0.05, 0.1) is 11.0 Å². The molecule has 1 N–H and O–H groups in total. The second-order valence-corrected chi connectivity index (χ2v) is 6.38. The SMILES string of the molecule is CCn1cc(Br)c(C(=O)Nc2ccn(Cc3cccc(C)c3)n2)n1. The van der Waals surface area contributed by atoms with Crippen LogP contribution in [-0.4, -0.2) is 25.5 Å². The summed E-state index contributed by atoms with van der Waals surface area (Å²) in [7, 11) is 0. The van der Waals surface area contributed by atoms with Crippen LogP contribution in [0, 0.1) is 6.92 Å². The fourth-order valence-electron chi connectivity index (χ4n) is 2.40. The molecule has 0 aliphatic rings. The van der Waals surface area contributed by atoms with Gasteiger partial charge in [-0.05, 0) is 35.3 Å². The summed E-state index contributed by atoms with van der Waals surface area (Å²) in [4.78, 5) is 12.3. The van der Waals surface area contributed by atoms with Gasteiger partial charge in [-0.25, -0.2) is 0 Å². The minimum atomic E-state index is -0.283. The van der Waals surface area contributed by atoms with Crippen molar-refractivity contribution in [3.63, 3.8) is 0 Å². The molecule has 6 nitrogen and oxygen atoms in total. The third-order valence-corrected chi connectivity index (χ3v) is 4.15. The smallest absolute Gasteiger partial charge is 0.278 e. The van der Waals surface area contributed by atoms with Gasteiger partial charge in [0, 0.05) is 25.0 Å². The molecule has 0 saturated heterocycles. The monoisotopic (exact) mass is 387 g/mol. The van der Waals surface area contributed by atoms with Crippen LogP contribution in [0.2, 0.25) is 0 Å². The second-order valence-electron chi connectivity index (χ2n) is 5.52. The van der Waals surface area contributed by atoms with Gasteiger partial charge in [-0.15, -0.1) is 0 Å². The van der Waals surface area contributed by atoms with E-state index in [4.69, 9.17) is 0 Å². The van der Waals surface area contributed by atoms with E-state index in [0.717, 1.165) is 0 Å². The van der Waals surface area contributed by atoms with Gasteiger partial charge in [0.15, 0.2) is 11.5 Å². The van der Waals surface area contributed by atoms with Crippen LogP contribution in [0.15, 0.2) is 47.2 Å². The van der Waals surface area contributed by atoms with Crippen molar-refractivity contribution in [2.75, 3.05) is 5.32 Å². The number of rotatable bonds is 5. The Bertz CT molecular complexity index is 868. The fourth-order valence-corrected chi connectivity index (χ4v) is 2.90. The normalized spacial score (nSPS) is 10.8. The first-order valence-electron chi connectivity index (χ1n) is 7.68. The molecule has 1 aromatic carbocycles. The summed E-state index contributed by atoms with van der Waals surface area (Å²) in [6.45, 7) is 5.39. The van der Waals surface area contributed by atoms with Crippen LogP contribution < -0.4 is 5.32 Å². The van der Waals surface area contributed by atoms with Crippen molar-refractivity contribution in [3.05, 3.63) is 64.0 Å². The molecule has 0 saturated carbocycles. The lowest BCUT2D eigenvalue weighted by molar-refractivity contribution is 0.102. The molecule has 2 heterocycles. The highest BCUT2D eigenvalue weighted by molar-refractivity contribution is 9.10. The maximum Gasteiger partial charge on any atom is 0.278 e. The molecule has 0 unspecified atom stereocenters. The number of benzene rings is 1. The first-order valence-corrected chi connectivity index (χ1v) is 8.47. The molecule has 0 atom stereocenters. The number of hydrogen-bond donors (Lipinski definition) is 1. The number of amides is 1. The summed E-state index contributed by atoms with van der Waals surface area (Å²) in [5, 5.41) is 11.4. The molecule has 7 heteroatoms. The van der Waals surface area contributed by atoms with Crippen LogP contribution in [0.25, 0.3) is 0 Å². The minimum absolute atomic E-state index is 0.283. The summed E-state index contributed by atoms with van der Waals surface area (Å²) < 4.78 is 4.17. The molecule has 0 aliphatic heterocycles. The predicted molar refractivity (Wildman–Crippen MR) is 96.1 cm³/mol. The van der Waals surface area contributed by atoms with E-state index in [1.807, 2.05) is 19.2 Å². The Hall–Kier alpha value is -2.41. The highest BCUT2D eigenvalue weighted by atomic mass is 79.9. The average molecular weight is 388 g/mol. The van der Waals surface area contributed by atoms with E-state index in [1.54, 1.807) is 21.6 Å². The highest BCUT2D eigenvalue weighted by Gasteiger charge is 2.16. The van der Waals surface area contributed by atoms with Crippen LogP contribution in [0.3, 0.4) is 0 Å². The van der Waals surface area contributed by atoms with Gasteiger partial charge in [-0.1, -0.05) is 29.8 Å². The summed E-state index contributed by atoms with van der Waals surface area (Å²) in [5.41, 5.74) is 2.73. The van der Waals surface area contributed by atoms with Crippen LogP contribution in [0.4, 0.5) is 5.82 Å². The van der Waals surface area contributed by atoms with E-state index >= 15 is 0 Å². The molecular formula is C17H18BrN5O. The third kappa shape index (κ3) is 3.73. The Morgan fingerprint density at radius 2 is 2.08 bits per heavy atom. The second kappa shape index (κ2) is 7.00. The number of anilines is 1. The Morgan fingerprint density at radius 3 is 2.79 bits per heavy atom. The molecular weight excluding hydrogens is 370 g/mol. The first kappa shape index (κ1) is 16.4. The summed E-state index contributed by atoms with van der Waals surface area (Å²) in [5.74, 6) is 0.223. The van der Waals surface area contributed by atoms with Crippen LogP contribution in [0.5, 0.6) is 0 Å². The Kier molecular flexibility index (Phi) is 4.80. The molecule has 3 rings (SSSR count). The van der Waals surface area contributed by atoms with Gasteiger partial charge in [0.2, 0.25) is 0 Å². The van der Waals surface area contributed by atoms with Crippen molar-refractivity contribution in [3.8, 4) is 0 Å². The lowest BCUT2D eigenvalue weighted by Crippen LogP contribution is -2.14. The first-order chi connectivity index (χ1) is 11.5. The van der Waals surface area contributed by atoms with E-state index < -0.39 is 0 Å². The number of carbonyl (C=O) groups is 1. The molecule has 3 aromatic rings. The van der Waals surface area contributed by atoms with Crippen LogP contribution >= 0.6 is 15.9 Å². The van der Waals surface area contributed by atoms with Crippen molar-refractivity contribution >= 4 is 27.7 Å². The van der Waals surface area contributed by atoms with Crippen molar-refractivity contribution in [2.45, 2.75) is 26.9 Å². The lowest BCUT2D eigenvalue weighted by atomic mass is 10.1. The third-order valence-electron chi connectivity index (χ3n) is 3.57. The number of aryl methyl sites for hydroxylation is 2. The zero-order valence-corrected chi connectivity index (χ0v) is 15.1. The molecule has 1 amide bonds. The molecule has 0 bridgehead atoms. The van der Waals surface area contributed by atoms with E-state index in [9.17, 15) is 4.79 Å². The fraction of sp³-hybridized carbons (Fsp3) is 0.235. The Labute approximate surface area is 148 Å². The van der Waals surface area contributed by atoms with Gasteiger partial charge in [0.25, 0.3) is 5.91 Å². The van der Waals surface area contributed by atoms with E-state index in [2.05, 4.69) is 56.6 Å². The molecule has 124 valence electrons.